The molecule has 0 saturated carbocycles. The molecule has 1 aromatic carbocycles. The average molecular weight is 300 g/mol. The number of hydrogen-bond acceptors (Lipinski definition) is 3. The Morgan fingerprint density at radius 2 is 2.20 bits per heavy atom. The summed E-state index contributed by atoms with van der Waals surface area (Å²) in [5.41, 5.74) is 0.381. The van der Waals surface area contributed by atoms with Crippen LogP contribution in [0.2, 0.25) is 0 Å². The Morgan fingerprint density at radius 3 is 2.85 bits per heavy atom. The number of amides is 1. The molecule has 1 fully saturated rings. The van der Waals surface area contributed by atoms with Crippen LogP contribution in [0.3, 0.4) is 0 Å². The van der Waals surface area contributed by atoms with Crippen molar-refractivity contribution in [3.05, 3.63) is 30.1 Å². The monoisotopic (exact) mass is 300 g/mol. The Balaban J connectivity index is 2.02. The van der Waals surface area contributed by atoms with Gasteiger partial charge in [-0.2, -0.15) is 0 Å². The minimum absolute atomic E-state index is 0.181. The fraction of sp³-hybridized carbons (Fsp3) is 0.462. The summed E-state index contributed by atoms with van der Waals surface area (Å²) in [5, 5.41) is 2.62. The van der Waals surface area contributed by atoms with E-state index in [1.807, 2.05) is 0 Å². The molecule has 0 aromatic heterocycles. The molecule has 1 heterocycles. The first-order valence-corrected chi connectivity index (χ1v) is 8.22. The lowest BCUT2D eigenvalue weighted by molar-refractivity contribution is -0.120. The molecule has 0 bridgehead atoms. The molecule has 1 atom stereocenters. The molecule has 1 aliphatic rings. The third-order valence-corrected chi connectivity index (χ3v) is 4.59. The predicted octanol–water partition coefficient (Wildman–Crippen LogP) is 1.44. The topological polar surface area (TPSA) is 66.5 Å². The molecule has 20 heavy (non-hydrogen) atoms. The van der Waals surface area contributed by atoms with Gasteiger partial charge in [0.15, 0.2) is 0 Å². The normalized spacial score (nSPS) is 20.6. The van der Waals surface area contributed by atoms with Crippen molar-refractivity contribution in [1.82, 2.24) is 4.31 Å². The van der Waals surface area contributed by atoms with E-state index in [0.717, 1.165) is 6.26 Å². The van der Waals surface area contributed by atoms with E-state index in [9.17, 15) is 17.6 Å². The number of anilines is 1. The molecule has 5 nitrogen and oxygen atoms in total. The molecular weight excluding hydrogens is 283 g/mol. The smallest absolute Gasteiger partial charge is 0.228 e. The summed E-state index contributed by atoms with van der Waals surface area (Å²) in [4.78, 5) is 12.1. The second-order valence-electron chi connectivity index (χ2n) is 4.96. The average Bonchev–Trinajstić information content (AvgIpc) is 2.38. The van der Waals surface area contributed by atoms with Crippen molar-refractivity contribution in [2.45, 2.75) is 12.8 Å². The van der Waals surface area contributed by atoms with Gasteiger partial charge in [-0.05, 0) is 31.0 Å². The summed E-state index contributed by atoms with van der Waals surface area (Å²) in [6.07, 6.45) is 2.42. The highest BCUT2D eigenvalue weighted by molar-refractivity contribution is 7.88. The number of carbonyl (C=O) groups excluding carboxylic acids is 1. The standard InChI is InChI=1S/C13H17FN2O3S/c1-20(18,19)16-7-3-4-10(9-16)13(17)15-12-6-2-5-11(14)8-12/h2,5-6,8,10H,3-4,7,9H2,1H3,(H,15,17)/t10-/m0/s1. The van der Waals surface area contributed by atoms with Gasteiger partial charge in [0.2, 0.25) is 15.9 Å². The molecule has 1 N–H and O–H groups in total. The Labute approximate surface area is 117 Å². The Hall–Kier alpha value is -1.47. The molecule has 0 spiro atoms. The van der Waals surface area contributed by atoms with Crippen molar-refractivity contribution in [3.8, 4) is 0 Å². The largest absolute Gasteiger partial charge is 0.326 e. The summed E-state index contributed by atoms with van der Waals surface area (Å²) in [7, 11) is -3.28. The first kappa shape index (κ1) is 14.9. The van der Waals surface area contributed by atoms with E-state index in [1.165, 1.54) is 22.5 Å². The van der Waals surface area contributed by atoms with Gasteiger partial charge >= 0.3 is 0 Å². The van der Waals surface area contributed by atoms with Gasteiger partial charge in [0, 0.05) is 18.8 Å². The first-order valence-electron chi connectivity index (χ1n) is 6.38. The number of hydrogen-bond donors (Lipinski definition) is 1. The van der Waals surface area contributed by atoms with Gasteiger partial charge in [-0.3, -0.25) is 4.79 Å². The van der Waals surface area contributed by atoms with Gasteiger partial charge in [-0.15, -0.1) is 0 Å². The molecule has 7 heteroatoms. The second-order valence-corrected chi connectivity index (χ2v) is 6.94. The highest BCUT2D eigenvalue weighted by Gasteiger charge is 2.30. The molecule has 1 aliphatic heterocycles. The molecule has 0 radical (unpaired) electrons. The van der Waals surface area contributed by atoms with Crippen molar-refractivity contribution in [3.63, 3.8) is 0 Å². The number of piperidine rings is 1. The van der Waals surface area contributed by atoms with Crippen molar-refractivity contribution < 1.29 is 17.6 Å². The number of carbonyl (C=O) groups is 1. The van der Waals surface area contributed by atoms with Crippen molar-refractivity contribution in [1.29, 1.82) is 0 Å². The second kappa shape index (κ2) is 5.88. The van der Waals surface area contributed by atoms with E-state index < -0.39 is 21.8 Å². The van der Waals surface area contributed by atoms with Crippen LogP contribution in [0.5, 0.6) is 0 Å². The van der Waals surface area contributed by atoms with Crippen LogP contribution in [0.1, 0.15) is 12.8 Å². The maximum Gasteiger partial charge on any atom is 0.228 e. The molecule has 1 saturated heterocycles. The maximum absolute atomic E-state index is 13.0. The molecule has 110 valence electrons. The molecular formula is C13H17FN2O3S. The molecule has 0 unspecified atom stereocenters. The highest BCUT2D eigenvalue weighted by atomic mass is 32.2. The zero-order valence-electron chi connectivity index (χ0n) is 11.2. The number of nitrogens with one attached hydrogen (secondary N) is 1. The van der Waals surface area contributed by atoms with Crippen LogP contribution in [0.25, 0.3) is 0 Å². The number of benzene rings is 1. The van der Waals surface area contributed by atoms with Crippen LogP contribution in [0.4, 0.5) is 10.1 Å². The van der Waals surface area contributed by atoms with Crippen LogP contribution < -0.4 is 5.32 Å². The van der Waals surface area contributed by atoms with Crippen molar-refractivity contribution in [2.24, 2.45) is 5.92 Å². The summed E-state index contributed by atoms with van der Waals surface area (Å²) >= 11 is 0. The fourth-order valence-electron chi connectivity index (χ4n) is 2.27. The van der Waals surface area contributed by atoms with Crippen LogP contribution in [-0.4, -0.2) is 38.0 Å². The predicted molar refractivity (Wildman–Crippen MR) is 74.2 cm³/mol. The van der Waals surface area contributed by atoms with E-state index in [4.69, 9.17) is 0 Å². The van der Waals surface area contributed by atoms with Gasteiger partial charge < -0.3 is 5.32 Å². The SMILES string of the molecule is CS(=O)(=O)N1CCC[C@H](C(=O)Nc2cccc(F)c2)C1. The zero-order chi connectivity index (χ0) is 14.8. The van der Waals surface area contributed by atoms with Crippen molar-refractivity contribution >= 4 is 21.6 Å². The number of sulfonamides is 1. The summed E-state index contributed by atoms with van der Waals surface area (Å²) in [6.45, 7) is 0.628. The van der Waals surface area contributed by atoms with Crippen LogP contribution in [0, 0.1) is 11.7 Å². The van der Waals surface area contributed by atoms with E-state index in [0.29, 0.717) is 25.1 Å². The summed E-state index contributed by atoms with van der Waals surface area (Å²) in [5.74, 6) is -1.10. The maximum atomic E-state index is 13.0. The lowest BCUT2D eigenvalue weighted by atomic mass is 9.99. The van der Waals surface area contributed by atoms with Crippen LogP contribution in [-0.2, 0) is 14.8 Å². The van der Waals surface area contributed by atoms with Crippen LogP contribution in [0.15, 0.2) is 24.3 Å². The molecule has 1 amide bonds. The highest BCUT2D eigenvalue weighted by Crippen LogP contribution is 2.20. The van der Waals surface area contributed by atoms with Crippen molar-refractivity contribution in [2.75, 3.05) is 24.7 Å². The van der Waals surface area contributed by atoms with E-state index in [1.54, 1.807) is 6.07 Å². The van der Waals surface area contributed by atoms with Gasteiger partial charge in [0.05, 0.1) is 12.2 Å². The van der Waals surface area contributed by atoms with Gasteiger partial charge in [0.1, 0.15) is 5.82 Å². The van der Waals surface area contributed by atoms with E-state index in [2.05, 4.69) is 5.32 Å². The van der Waals surface area contributed by atoms with Crippen LogP contribution >= 0.6 is 0 Å². The lowest BCUT2D eigenvalue weighted by Crippen LogP contribution is -2.43. The first-order chi connectivity index (χ1) is 9.36. The van der Waals surface area contributed by atoms with Gasteiger partial charge in [-0.25, -0.2) is 17.1 Å². The quantitative estimate of drug-likeness (QED) is 0.918. The Bertz CT molecular complexity index is 603. The van der Waals surface area contributed by atoms with Gasteiger partial charge in [-0.1, -0.05) is 6.07 Å². The minimum atomic E-state index is -3.28. The molecule has 2 rings (SSSR count). The van der Waals surface area contributed by atoms with E-state index >= 15 is 0 Å². The Kier molecular flexibility index (Phi) is 4.39. The van der Waals surface area contributed by atoms with Gasteiger partial charge in [0.25, 0.3) is 0 Å². The third kappa shape index (κ3) is 3.77. The number of rotatable bonds is 3. The summed E-state index contributed by atoms with van der Waals surface area (Å²) < 4.78 is 37.4. The lowest BCUT2D eigenvalue weighted by Gasteiger charge is -2.30. The third-order valence-electron chi connectivity index (χ3n) is 3.32. The summed E-state index contributed by atoms with van der Waals surface area (Å²) in [6, 6.07) is 5.63. The fourth-order valence-corrected chi connectivity index (χ4v) is 3.18. The zero-order valence-corrected chi connectivity index (χ0v) is 12.0. The molecule has 0 aliphatic carbocycles. The number of halogens is 1. The van der Waals surface area contributed by atoms with E-state index in [-0.39, 0.29) is 12.5 Å². The minimum Gasteiger partial charge on any atom is -0.326 e. The molecule has 1 aromatic rings. The Morgan fingerprint density at radius 1 is 1.45 bits per heavy atom. The number of nitrogens with zero attached hydrogens (tertiary/aromatic N) is 1.